The fourth-order valence-corrected chi connectivity index (χ4v) is 8.20. The highest BCUT2D eigenvalue weighted by molar-refractivity contribution is 7.89. The normalized spacial score (nSPS) is 22.8. The predicted molar refractivity (Wildman–Crippen MR) is 148 cm³/mol. The zero-order valence-electron chi connectivity index (χ0n) is 22.2. The van der Waals surface area contributed by atoms with E-state index in [2.05, 4.69) is 0 Å². The number of ether oxygens (including phenoxy) is 3. The van der Waals surface area contributed by atoms with Crippen LogP contribution in [-0.2, 0) is 14.8 Å². The number of halogens is 2. The SMILES string of the molecule is COc1ccc(OCCN2C[C@H](CC(C)O)[C@H]3CCC[C@@H](C2=O)N3S(=O)(=O)c2cc(Cl)cc(Cl)c2)cc1OC. The highest BCUT2D eigenvalue weighted by atomic mass is 35.5. The zero-order chi connectivity index (χ0) is 28.3. The van der Waals surface area contributed by atoms with E-state index in [1.54, 1.807) is 37.1 Å². The maximum absolute atomic E-state index is 14.0. The number of carbonyl (C=O) groups excluding carboxylic acids is 1. The van der Waals surface area contributed by atoms with Crippen molar-refractivity contribution in [3.8, 4) is 17.2 Å². The number of aliphatic hydroxyl groups excluding tert-OH is 1. The van der Waals surface area contributed by atoms with Gasteiger partial charge >= 0.3 is 0 Å². The molecule has 2 bridgehead atoms. The lowest BCUT2D eigenvalue weighted by Gasteiger charge is -2.41. The monoisotopic (exact) mass is 600 g/mol. The summed E-state index contributed by atoms with van der Waals surface area (Å²) in [5.74, 6) is 1.10. The van der Waals surface area contributed by atoms with Gasteiger partial charge in [-0.15, -0.1) is 0 Å². The Morgan fingerprint density at radius 2 is 1.74 bits per heavy atom. The van der Waals surface area contributed by atoms with Crippen LogP contribution in [0.5, 0.6) is 17.2 Å². The summed E-state index contributed by atoms with van der Waals surface area (Å²) in [6, 6.07) is 8.03. The van der Waals surface area contributed by atoms with Gasteiger partial charge in [0.15, 0.2) is 11.5 Å². The van der Waals surface area contributed by atoms with E-state index in [-0.39, 0.29) is 39.9 Å². The Hall–Kier alpha value is -2.24. The van der Waals surface area contributed by atoms with Gasteiger partial charge in [0.25, 0.3) is 0 Å². The lowest BCUT2D eigenvalue weighted by molar-refractivity contribution is -0.135. The molecule has 2 heterocycles. The zero-order valence-corrected chi connectivity index (χ0v) is 24.5. The van der Waals surface area contributed by atoms with Crippen molar-refractivity contribution in [2.24, 2.45) is 5.92 Å². The van der Waals surface area contributed by atoms with Crippen LogP contribution in [0.3, 0.4) is 0 Å². The summed E-state index contributed by atoms with van der Waals surface area (Å²) in [6.45, 7) is 2.43. The first-order chi connectivity index (χ1) is 18.5. The number of benzene rings is 2. The number of aliphatic hydroxyl groups is 1. The molecule has 0 aliphatic carbocycles. The topological polar surface area (TPSA) is 106 Å². The number of nitrogens with zero attached hydrogens (tertiary/aromatic N) is 2. The molecule has 2 aromatic carbocycles. The molecule has 1 unspecified atom stereocenters. The number of rotatable bonds is 10. The van der Waals surface area contributed by atoms with Crippen LogP contribution in [-0.4, -0.2) is 80.7 Å². The largest absolute Gasteiger partial charge is 0.493 e. The summed E-state index contributed by atoms with van der Waals surface area (Å²) in [5.41, 5.74) is 0. The van der Waals surface area contributed by atoms with Crippen molar-refractivity contribution in [2.45, 2.75) is 55.7 Å². The van der Waals surface area contributed by atoms with Crippen molar-refractivity contribution >= 4 is 39.1 Å². The quantitative estimate of drug-likeness (QED) is 0.435. The molecule has 2 fully saturated rings. The van der Waals surface area contributed by atoms with Crippen molar-refractivity contribution < 1.29 is 32.5 Å². The summed E-state index contributed by atoms with van der Waals surface area (Å²) in [7, 11) is -1.03. The smallest absolute Gasteiger partial charge is 0.244 e. The fourth-order valence-electron chi connectivity index (χ4n) is 5.58. The molecule has 0 radical (unpaired) electrons. The van der Waals surface area contributed by atoms with Crippen molar-refractivity contribution in [3.05, 3.63) is 46.4 Å². The molecule has 39 heavy (non-hydrogen) atoms. The second-order valence-electron chi connectivity index (χ2n) is 9.95. The number of hydrogen-bond acceptors (Lipinski definition) is 7. The molecule has 12 heteroatoms. The van der Waals surface area contributed by atoms with Gasteiger partial charge < -0.3 is 24.2 Å². The third kappa shape index (κ3) is 6.57. The van der Waals surface area contributed by atoms with Crippen LogP contribution in [0, 0.1) is 5.92 Å². The Morgan fingerprint density at radius 3 is 2.38 bits per heavy atom. The second-order valence-corrected chi connectivity index (χ2v) is 12.7. The lowest BCUT2D eigenvalue weighted by atomic mass is 9.87. The number of carbonyl (C=O) groups is 1. The van der Waals surface area contributed by atoms with E-state index in [1.807, 2.05) is 0 Å². The van der Waals surface area contributed by atoms with Crippen molar-refractivity contribution in [3.63, 3.8) is 0 Å². The molecule has 2 aromatic rings. The second kappa shape index (κ2) is 12.5. The first-order valence-electron chi connectivity index (χ1n) is 12.9. The van der Waals surface area contributed by atoms with Gasteiger partial charge in [-0.05, 0) is 68.9 Å². The Balaban J connectivity index is 1.61. The Bertz CT molecular complexity index is 1270. The Labute approximate surface area is 239 Å². The number of methoxy groups -OCH3 is 2. The molecule has 0 spiro atoms. The minimum absolute atomic E-state index is 0.0502. The van der Waals surface area contributed by atoms with E-state index in [0.717, 1.165) is 0 Å². The van der Waals surface area contributed by atoms with E-state index in [1.165, 1.54) is 29.6 Å². The highest BCUT2D eigenvalue weighted by Crippen LogP contribution is 2.39. The van der Waals surface area contributed by atoms with Crippen molar-refractivity contribution in [2.75, 3.05) is 33.9 Å². The number of hydrogen-bond donors (Lipinski definition) is 1. The molecule has 1 amide bonds. The Morgan fingerprint density at radius 1 is 1.05 bits per heavy atom. The van der Waals surface area contributed by atoms with E-state index in [0.29, 0.717) is 49.5 Å². The number of sulfonamides is 1. The summed E-state index contributed by atoms with van der Waals surface area (Å²) in [6.07, 6.45) is 1.37. The van der Waals surface area contributed by atoms with Gasteiger partial charge in [-0.2, -0.15) is 4.31 Å². The van der Waals surface area contributed by atoms with Gasteiger partial charge in [0.1, 0.15) is 18.4 Å². The van der Waals surface area contributed by atoms with Gasteiger partial charge in [-0.25, -0.2) is 8.42 Å². The van der Waals surface area contributed by atoms with Crippen molar-refractivity contribution in [1.82, 2.24) is 9.21 Å². The number of amides is 1. The maximum Gasteiger partial charge on any atom is 0.244 e. The minimum atomic E-state index is -4.11. The fraction of sp³-hybridized carbons (Fsp3) is 0.519. The van der Waals surface area contributed by atoms with Gasteiger partial charge in [0, 0.05) is 28.7 Å². The van der Waals surface area contributed by atoms with E-state index in [9.17, 15) is 18.3 Å². The maximum atomic E-state index is 14.0. The van der Waals surface area contributed by atoms with Gasteiger partial charge in [-0.1, -0.05) is 23.2 Å². The van der Waals surface area contributed by atoms with Gasteiger partial charge in [0.05, 0.1) is 31.8 Å². The molecule has 4 rings (SSSR count). The molecule has 2 aliphatic rings. The standard InChI is InChI=1S/C27H34Cl2N2O7S/c1-17(32)11-18-16-30(9-10-38-21-7-8-25(36-2)26(15-21)37-3)27(33)24-6-4-5-23(18)31(24)39(34,35)22-13-19(28)12-20(29)14-22/h7-8,12-15,17-18,23-24,32H,4-6,9-11,16H2,1-3H3/t17?,18-,23+,24-/m0/s1. The summed E-state index contributed by atoms with van der Waals surface area (Å²) in [4.78, 5) is 15.5. The average Bonchev–Trinajstić information content (AvgIpc) is 2.95. The van der Waals surface area contributed by atoms with Crippen LogP contribution < -0.4 is 14.2 Å². The molecular weight excluding hydrogens is 567 g/mol. The van der Waals surface area contributed by atoms with Gasteiger partial charge in [-0.3, -0.25) is 4.79 Å². The van der Waals surface area contributed by atoms with Crippen LogP contribution in [0.2, 0.25) is 10.0 Å². The Kier molecular flexibility index (Phi) is 9.54. The molecule has 9 nitrogen and oxygen atoms in total. The first-order valence-corrected chi connectivity index (χ1v) is 15.1. The third-order valence-corrected chi connectivity index (χ3v) is 9.60. The predicted octanol–water partition coefficient (Wildman–Crippen LogP) is 4.23. The molecule has 1 N–H and O–H groups in total. The van der Waals surface area contributed by atoms with Crippen LogP contribution in [0.25, 0.3) is 0 Å². The van der Waals surface area contributed by atoms with Gasteiger partial charge in [0.2, 0.25) is 15.9 Å². The van der Waals surface area contributed by atoms with E-state index in [4.69, 9.17) is 37.4 Å². The minimum Gasteiger partial charge on any atom is -0.493 e. The molecule has 4 atom stereocenters. The molecule has 214 valence electrons. The summed E-state index contributed by atoms with van der Waals surface area (Å²) < 4.78 is 45.8. The molecular formula is C27H34Cl2N2O7S. The van der Waals surface area contributed by atoms with Crippen LogP contribution >= 0.6 is 23.2 Å². The molecule has 0 saturated carbocycles. The van der Waals surface area contributed by atoms with Crippen molar-refractivity contribution in [1.29, 1.82) is 0 Å². The average molecular weight is 602 g/mol. The van der Waals surface area contributed by atoms with E-state index >= 15 is 0 Å². The molecule has 2 aliphatic heterocycles. The lowest BCUT2D eigenvalue weighted by Crippen LogP contribution is -2.55. The van der Waals surface area contributed by atoms with Crippen LogP contribution in [0.1, 0.15) is 32.6 Å². The molecule has 2 saturated heterocycles. The number of piperidine rings is 1. The summed E-state index contributed by atoms with van der Waals surface area (Å²) in [5, 5.41) is 10.7. The number of fused-ring (bicyclic) bond motifs is 2. The van der Waals surface area contributed by atoms with Crippen LogP contribution in [0.4, 0.5) is 0 Å². The highest BCUT2D eigenvalue weighted by Gasteiger charge is 2.50. The molecule has 0 aromatic heterocycles. The van der Waals surface area contributed by atoms with E-state index < -0.39 is 28.2 Å². The third-order valence-electron chi connectivity index (χ3n) is 7.25. The first kappa shape index (κ1) is 29.7. The summed E-state index contributed by atoms with van der Waals surface area (Å²) >= 11 is 12.3. The van der Waals surface area contributed by atoms with Crippen LogP contribution in [0.15, 0.2) is 41.3 Å².